The maximum absolute atomic E-state index is 12.6. The molecule has 0 unspecified atom stereocenters. The SMILES string of the molecule is Cc1c(NN=C(C#N)C#N)cccc1C(F)(F)F. The average Bonchev–Trinajstić information content (AvgIpc) is 2.30. The molecule has 1 rings (SSSR count). The van der Waals surface area contributed by atoms with Gasteiger partial charge in [-0.15, -0.1) is 0 Å². The number of rotatable bonds is 2. The zero-order chi connectivity index (χ0) is 13.8. The van der Waals surface area contributed by atoms with E-state index in [9.17, 15) is 13.2 Å². The molecule has 0 spiro atoms. The lowest BCUT2D eigenvalue weighted by atomic mass is 10.1. The topological polar surface area (TPSA) is 72.0 Å². The van der Waals surface area contributed by atoms with E-state index in [1.807, 2.05) is 0 Å². The molecule has 0 radical (unpaired) electrons. The number of hydrazone groups is 1. The van der Waals surface area contributed by atoms with Crippen LogP contribution in [0.15, 0.2) is 23.3 Å². The lowest BCUT2D eigenvalue weighted by Gasteiger charge is -2.13. The Bertz CT molecular complexity index is 545. The molecule has 4 nitrogen and oxygen atoms in total. The molecule has 0 saturated carbocycles. The van der Waals surface area contributed by atoms with Crippen molar-refractivity contribution in [3.8, 4) is 12.1 Å². The number of alkyl halides is 3. The number of nitriles is 2. The smallest absolute Gasteiger partial charge is 0.276 e. The largest absolute Gasteiger partial charge is 0.416 e. The second-order valence-electron chi connectivity index (χ2n) is 3.27. The van der Waals surface area contributed by atoms with Crippen molar-refractivity contribution in [1.29, 1.82) is 10.5 Å². The Balaban J connectivity index is 3.11. The predicted molar refractivity (Wildman–Crippen MR) is 58.5 cm³/mol. The van der Waals surface area contributed by atoms with E-state index in [-0.39, 0.29) is 11.3 Å². The minimum atomic E-state index is -4.46. The highest BCUT2D eigenvalue weighted by Crippen LogP contribution is 2.34. The van der Waals surface area contributed by atoms with E-state index in [1.165, 1.54) is 31.2 Å². The maximum atomic E-state index is 12.6. The number of halogens is 3. The fourth-order valence-electron chi connectivity index (χ4n) is 1.25. The Morgan fingerprint density at radius 3 is 2.39 bits per heavy atom. The number of hydrogen-bond donors (Lipinski definition) is 1. The van der Waals surface area contributed by atoms with Gasteiger partial charge in [0.2, 0.25) is 5.71 Å². The van der Waals surface area contributed by atoms with Crippen molar-refractivity contribution in [2.24, 2.45) is 5.10 Å². The van der Waals surface area contributed by atoms with Gasteiger partial charge in [0.15, 0.2) is 0 Å². The monoisotopic (exact) mass is 252 g/mol. The molecular weight excluding hydrogens is 245 g/mol. The van der Waals surface area contributed by atoms with Crippen molar-refractivity contribution in [2.45, 2.75) is 13.1 Å². The van der Waals surface area contributed by atoms with Gasteiger partial charge >= 0.3 is 6.18 Å². The van der Waals surface area contributed by atoms with E-state index < -0.39 is 17.5 Å². The molecule has 0 fully saturated rings. The molecule has 92 valence electrons. The molecule has 1 aromatic carbocycles. The normalized spacial score (nSPS) is 10.1. The van der Waals surface area contributed by atoms with Crippen molar-refractivity contribution < 1.29 is 13.2 Å². The van der Waals surface area contributed by atoms with Gasteiger partial charge in [0.25, 0.3) is 0 Å². The zero-order valence-electron chi connectivity index (χ0n) is 9.21. The first-order chi connectivity index (χ1) is 8.40. The maximum Gasteiger partial charge on any atom is 0.416 e. The van der Waals surface area contributed by atoms with Crippen molar-refractivity contribution in [3.63, 3.8) is 0 Å². The third kappa shape index (κ3) is 2.98. The highest BCUT2D eigenvalue weighted by molar-refractivity contribution is 6.10. The van der Waals surface area contributed by atoms with Crippen molar-refractivity contribution in [2.75, 3.05) is 5.43 Å². The van der Waals surface area contributed by atoms with Crippen LogP contribution in [0.2, 0.25) is 0 Å². The van der Waals surface area contributed by atoms with Crippen molar-refractivity contribution >= 4 is 11.4 Å². The van der Waals surface area contributed by atoms with Gasteiger partial charge in [-0.2, -0.15) is 28.8 Å². The van der Waals surface area contributed by atoms with Gasteiger partial charge in [-0.25, -0.2) is 0 Å². The van der Waals surface area contributed by atoms with Crippen LogP contribution < -0.4 is 5.43 Å². The Hall–Kier alpha value is -2.54. The Morgan fingerprint density at radius 1 is 1.28 bits per heavy atom. The molecule has 1 aromatic rings. The molecule has 0 amide bonds. The second-order valence-corrected chi connectivity index (χ2v) is 3.27. The van der Waals surface area contributed by atoms with E-state index in [1.54, 1.807) is 0 Å². The first kappa shape index (κ1) is 13.5. The zero-order valence-corrected chi connectivity index (χ0v) is 9.21. The number of anilines is 1. The molecule has 7 heteroatoms. The lowest BCUT2D eigenvalue weighted by molar-refractivity contribution is -0.138. The molecule has 1 N–H and O–H groups in total. The van der Waals surface area contributed by atoms with Gasteiger partial charge in [0.05, 0.1) is 11.3 Å². The summed E-state index contributed by atoms with van der Waals surface area (Å²) < 4.78 is 37.8. The van der Waals surface area contributed by atoms with E-state index >= 15 is 0 Å². The number of nitrogens with one attached hydrogen (secondary N) is 1. The Morgan fingerprint density at radius 2 is 1.89 bits per heavy atom. The molecule has 0 bridgehead atoms. The minimum absolute atomic E-state index is 0.0519. The number of nitrogens with zero attached hydrogens (tertiary/aromatic N) is 3. The summed E-state index contributed by atoms with van der Waals surface area (Å²) in [7, 11) is 0. The summed E-state index contributed by atoms with van der Waals surface area (Å²) in [6, 6.07) is 6.51. The van der Waals surface area contributed by atoms with Gasteiger partial charge in [0.1, 0.15) is 12.1 Å². The molecule has 0 saturated heterocycles. The fraction of sp³-hybridized carbons (Fsp3) is 0.182. The van der Waals surface area contributed by atoms with Crippen molar-refractivity contribution in [1.82, 2.24) is 0 Å². The van der Waals surface area contributed by atoms with Crippen LogP contribution in [0.5, 0.6) is 0 Å². The molecule has 0 aliphatic rings. The van der Waals surface area contributed by atoms with Crippen molar-refractivity contribution in [3.05, 3.63) is 29.3 Å². The molecule has 0 aliphatic heterocycles. The predicted octanol–water partition coefficient (Wildman–Crippen LogP) is 2.83. The second kappa shape index (κ2) is 5.19. The first-order valence-electron chi connectivity index (χ1n) is 4.71. The van der Waals surface area contributed by atoms with E-state index in [2.05, 4.69) is 10.5 Å². The molecule has 18 heavy (non-hydrogen) atoms. The van der Waals surface area contributed by atoms with Crippen LogP contribution in [0, 0.1) is 29.6 Å². The third-order valence-electron chi connectivity index (χ3n) is 2.14. The summed E-state index contributed by atoms with van der Waals surface area (Å²) in [5, 5.41) is 20.3. The van der Waals surface area contributed by atoms with Gasteiger partial charge in [-0.3, -0.25) is 5.43 Å². The summed E-state index contributed by atoms with van der Waals surface area (Å²) >= 11 is 0. The highest BCUT2D eigenvalue weighted by Gasteiger charge is 2.32. The van der Waals surface area contributed by atoms with E-state index in [4.69, 9.17) is 10.5 Å². The van der Waals surface area contributed by atoms with Crippen LogP contribution >= 0.6 is 0 Å². The molecule has 0 atom stereocenters. The quantitative estimate of drug-likeness (QED) is 0.649. The van der Waals surface area contributed by atoms with Gasteiger partial charge in [-0.1, -0.05) is 6.07 Å². The van der Waals surface area contributed by atoms with E-state index in [0.29, 0.717) is 0 Å². The van der Waals surface area contributed by atoms with Crippen LogP contribution in [0.4, 0.5) is 18.9 Å². The van der Waals surface area contributed by atoms with Crippen LogP contribution in [-0.2, 0) is 6.18 Å². The molecular formula is C11H7F3N4. The first-order valence-corrected chi connectivity index (χ1v) is 4.71. The summed E-state index contributed by atoms with van der Waals surface area (Å²) in [6.45, 7) is 1.28. The van der Waals surface area contributed by atoms with E-state index in [0.717, 1.165) is 6.07 Å². The third-order valence-corrected chi connectivity index (χ3v) is 2.14. The van der Waals surface area contributed by atoms with Crippen LogP contribution in [0.1, 0.15) is 11.1 Å². The van der Waals surface area contributed by atoms with Crippen LogP contribution in [0.25, 0.3) is 0 Å². The number of hydrogen-bond acceptors (Lipinski definition) is 4. The summed E-state index contributed by atoms with van der Waals surface area (Å²) in [5.41, 5.74) is 1.05. The highest BCUT2D eigenvalue weighted by atomic mass is 19.4. The molecule has 0 aliphatic carbocycles. The molecule has 0 aromatic heterocycles. The summed E-state index contributed by atoms with van der Waals surface area (Å²) in [6.07, 6.45) is -4.46. The molecule has 0 heterocycles. The number of benzene rings is 1. The summed E-state index contributed by atoms with van der Waals surface area (Å²) in [4.78, 5) is 0. The van der Waals surface area contributed by atoms with Gasteiger partial charge in [-0.05, 0) is 24.6 Å². The van der Waals surface area contributed by atoms with Gasteiger partial charge < -0.3 is 0 Å². The lowest BCUT2D eigenvalue weighted by Crippen LogP contribution is -2.09. The summed E-state index contributed by atoms with van der Waals surface area (Å²) in [5.74, 6) is 0. The standard InChI is InChI=1S/C11H7F3N4/c1-7-9(11(12,13)14)3-2-4-10(7)18-17-8(5-15)6-16/h2-4,18H,1H3. The Kier molecular flexibility index (Phi) is 3.90. The van der Waals surface area contributed by atoms with Crippen LogP contribution in [0.3, 0.4) is 0 Å². The van der Waals surface area contributed by atoms with Crippen LogP contribution in [-0.4, -0.2) is 5.71 Å². The van der Waals surface area contributed by atoms with Gasteiger partial charge in [0, 0.05) is 0 Å². The fourth-order valence-corrected chi connectivity index (χ4v) is 1.25. The minimum Gasteiger partial charge on any atom is -0.276 e. The average molecular weight is 252 g/mol. The Labute approximate surface area is 101 Å².